The normalized spacial score (nSPS) is 12.6. The second-order valence-electron chi connectivity index (χ2n) is 7.44. The molecule has 0 aliphatic rings. The van der Waals surface area contributed by atoms with E-state index in [4.69, 9.17) is 17.0 Å². The predicted molar refractivity (Wildman–Crippen MR) is 123 cm³/mol. The van der Waals surface area contributed by atoms with E-state index in [1.165, 1.54) is 64.7 Å². The van der Waals surface area contributed by atoms with Crippen molar-refractivity contribution in [1.82, 2.24) is 0 Å². The van der Waals surface area contributed by atoms with Crippen LogP contribution in [0.5, 0.6) is 0 Å². The zero-order valence-corrected chi connectivity index (χ0v) is 20.1. The van der Waals surface area contributed by atoms with Gasteiger partial charge >= 0.3 is 11.9 Å². The number of thioether (sulfide) groups is 1. The summed E-state index contributed by atoms with van der Waals surface area (Å²) in [5.74, 6) is -5.23. The number of unbranched alkanes of at least 4 members (excludes halogenated alkanes) is 12. The van der Waals surface area contributed by atoms with Gasteiger partial charge in [-0.1, -0.05) is 95.7 Å². The minimum absolute atomic E-state index is 0.0219. The summed E-state index contributed by atoms with van der Waals surface area (Å²) in [7, 11) is 0. The lowest BCUT2D eigenvalue weighted by Gasteiger charge is -2.25. The molecular formula is C22H40F2O3S2. The van der Waals surface area contributed by atoms with Crippen LogP contribution in [0.4, 0.5) is 8.78 Å². The zero-order valence-electron chi connectivity index (χ0n) is 18.5. The van der Waals surface area contributed by atoms with E-state index in [2.05, 4.69) is 11.7 Å². The molecule has 0 fully saturated rings. The number of carbonyl (C=O) groups excluding carboxylic acids is 1. The molecule has 0 saturated heterocycles. The van der Waals surface area contributed by atoms with Crippen LogP contribution in [0.1, 0.15) is 104 Å². The Bertz CT molecular complexity index is 434. The first kappa shape index (κ1) is 28.6. The summed E-state index contributed by atoms with van der Waals surface area (Å²) in [6.45, 7) is 3.65. The quantitative estimate of drug-likeness (QED) is 0.120. The highest BCUT2D eigenvalue weighted by Gasteiger charge is 2.50. The smallest absolute Gasteiger partial charge is 0.381 e. The lowest BCUT2D eigenvalue weighted by molar-refractivity contribution is -0.186. The minimum Gasteiger partial charge on any atom is -0.468 e. The van der Waals surface area contributed by atoms with E-state index in [0.29, 0.717) is 6.42 Å². The van der Waals surface area contributed by atoms with E-state index < -0.39 is 18.0 Å². The van der Waals surface area contributed by atoms with E-state index in [1.54, 1.807) is 6.26 Å². The molecule has 0 aromatic carbocycles. The molecule has 0 saturated carbocycles. The fourth-order valence-corrected chi connectivity index (χ4v) is 3.51. The minimum atomic E-state index is -3.69. The van der Waals surface area contributed by atoms with Crippen molar-refractivity contribution < 1.29 is 23.0 Å². The molecule has 0 aliphatic heterocycles. The second-order valence-corrected chi connectivity index (χ2v) is 8.84. The van der Waals surface area contributed by atoms with E-state index in [9.17, 15) is 13.6 Å². The average Bonchev–Trinajstić information content (AvgIpc) is 2.70. The van der Waals surface area contributed by atoms with Gasteiger partial charge in [0.15, 0.2) is 6.10 Å². The van der Waals surface area contributed by atoms with Crippen molar-refractivity contribution in [2.75, 3.05) is 12.9 Å². The summed E-state index contributed by atoms with van der Waals surface area (Å²) < 4.78 is 38.4. The Hall–Kier alpha value is -0.430. The summed E-state index contributed by atoms with van der Waals surface area (Å²) in [5.41, 5.74) is 0. The molecule has 0 N–H and O–H groups in total. The summed E-state index contributed by atoms with van der Waals surface area (Å²) in [6, 6.07) is 0. The number of halogens is 2. The van der Waals surface area contributed by atoms with Gasteiger partial charge in [0.05, 0.1) is 6.61 Å². The van der Waals surface area contributed by atoms with E-state index >= 15 is 0 Å². The van der Waals surface area contributed by atoms with Crippen molar-refractivity contribution in [2.45, 2.75) is 116 Å². The summed E-state index contributed by atoms with van der Waals surface area (Å²) in [5, 5.41) is 0. The number of esters is 1. The van der Waals surface area contributed by atoms with Gasteiger partial charge in [-0.25, -0.2) is 4.79 Å². The van der Waals surface area contributed by atoms with Crippen LogP contribution in [0.3, 0.4) is 0 Å². The number of hydrogen-bond acceptors (Lipinski definition) is 5. The largest absolute Gasteiger partial charge is 0.468 e. The molecule has 1 unspecified atom stereocenters. The van der Waals surface area contributed by atoms with Crippen molar-refractivity contribution in [2.24, 2.45) is 0 Å². The molecule has 0 rings (SSSR count). The Kier molecular flexibility index (Phi) is 18.1. The van der Waals surface area contributed by atoms with E-state index in [1.807, 2.05) is 0 Å². The third-order valence-electron chi connectivity index (χ3n) is 4.93. The summed E-state index contributed by atoms with van der Waals surface area (Å²) in [4.78, 5) is 11.6. The lowest BCUT2D eigenvalue weighted by atomic mass is 10.0. The van der Waals surface area contributed by atoms with Gasteiger partial charge in [-0.3, -0.25) is 0 Å². The number of ether oxygens (including phenoxy) is 2. The van der Waals surface area contributed by atoms with Crippen LogP contribution in [0.15, 0.2) is 0 Å². The fraction of sp³-hybridized carbons (Fsp3) is 0.909. The standard InChI is InChI=1S/C22H40F2O3S2/c1-4-6-7-8-9-10-11-12-13-14-15-16-17-18-19(27-21(28)29-3)22(23,24)20(25)26-5-2/h19H,4-18H2,1-3H3. The first-order valence-electron chi connectivity index (χ1n) is 11.2. The van der Waals surface area contributed by atoms with Crippen LogP contribution >= 0.6 is 24.0 Å². The molecular weight excluding hydrogens is 414 g/mol. The van der Waals surface area contributed by atoms with Crippen molar-refractivity contribution in [3.8, 4) is 0 Å². The molecule has 172 valence electrons. The highest BCUT2D eigenvalue weighted by molar-refractivity contribution is 8.22. The van der Waals surface area contributed by atoms with Crippen LogP contribution in [0.25, 0.3) is 0 Å². The summed E-state index contributed by atoms with van der Waals surface area (Å²) >= 11 is 5.99. The number of carbonyl (C=O) groups is 1. The monoisotopic (exact) mass is 454 g/mol. The van der Waals surface area contributed by atoms with Crippen LogP contribution in [0, 0.1) is 0 Å². The van der Waals surface area contributed by atoms with Crippen molar-refractivity contribution in [3.63, 3.8) is 0 Å². The summed E-state index contributed by atoms with van der Waals surface area (Å²) in [6.07, 6.45) is 15.5. The van der Waals surface area contributed by atoms with Crippen LogP contribution in [-0.2, 0) is 14.3 Å². The van der Waals surface area contributed by atoms with Crippen LogP contribution < -0.4 is 0 Å². The van der Waals surface area contributed by atoms with Gasteiger partial charge in [0.25, 0.3) is 0 Å². The van der Waals surface area contributed by atoms with E-state index in [-0.39, 0.29) is 17.4 Å². The van der Waals surface area contributed by atoms with Gasteiger partial charge in [0, 0.05) is 0 Å². The Morgan fingerprint density at radius 2 is 1.34 bits per heavy atom. The van der Waals surface area contributed by atoms with Gasteiger partial charge in [0.2, 0.25) is 4.38 Å². The van der Waals surface area contributed by atoms with Gasteiger partial charge in [-0.15, -0.1) is 0 Å². The second kappa shape index (κ2) is 18.3. The molecule has 7 heteroatoms. The van der Waals surface area contributed by atoms with E-state index in [0.717, 1.165) is 31.0 Å². The first-order chi connectivity index (χ1) is 13.9. The zero-order chi connectivity index (χ0) is 22.0. The molecule has 0 radical (unpaired) electrons. The van der Waals surface area contributed by atoms with Gasteiger partial charge in [-0.2, -0.15) is 8.78 Å². The maximum atomic E-state index is 14.3. The van der Waals surface area contributed by atoms with Gasteiger partial charge < -0.3 is 9.47 Å². The highest BCUT2D eigenvalue weighted by Crippen LogP contribution is 2.29. The molecule has 0 amide bonds. The number of rotatable bonds is 18. The van der Waals surface area contributed by atoms with Gasteiger partial charge in [0.1, 0.15) is 0 Å². The fourth-order valence-electron chi connectivity index (χ4n) is 3.18. The first-order valence-corrected chi connectivity index (χ1v) is 12.8. The molecule has 1 atom stereocenters. The molecule has 0 aromatic rings. The SMILES string of the molecule is CCCCCCCCCCCCCCCC(OC(=S)SC)C(F)(F)C(=O)OCC. The lowest BCUT2D eigenvalue weighted by Crippen LogP contribution is -2.44. The Morgan fingerprint density at radius 3 is 1.76 bits per heavy atom. The van der Waals surface area contributed by atoms with Crippen molar-refractivity contribution in [3.05, 3.63) is 0 Å². The maximum Gasteiger partial charge on any atom is 0.381 e. The molecule has 0 heterocycles. The molecule has 0 spiro atoms. The average molecular weight is 455 g/mol. The molecule has 0 bridgehead atoms. The van der Waals surface area contributed by atoms with Crippen LogP contribution in [-0.4, -0.2) is 35.2 Å². The van der Waals surface area contributed by atoms with Crippen molar-refractivity contribution >= 4 is 34.3 Å². The molecule has 29 heavy (non-hydrogen) atoms. The Labute approximate surface area is 186 Å². The van der Waals surface area contributed by atoms with Gasteiger partial charge in [-0.05, 0) is 38.2 Å². The number of alkyl halides is 2. The topological polar surface area (TPSA) is 35.5 Å². The number of thiocarbonyl (C=S) groups is 1. The highest BCUT2D eigenvalue weighted by atomic mass is 32.2. The Morgan fingerprint density at radius 1 is 0.897 bits per heavy atom. The Balaban J connectivity index is 3.99. The van der Waals surface area contributed by atoms with Crippen LogP contribution in [0.2, 0.25) is 0 Å². The third kappa shape index (κ3) is 14.2. The maximum absolute atomic E-state index is 14.3. The predicted octanol–water partition coefficient (Wildman–Crippen LogP) is 7.70. The number of hydrogen-bond donors (Lipinski definition) is 0. The third-order valence-corrected chi connectivity index (χ3v) is 5.95. The van der Waals surface area contributed by atoms with Crippen molar-refractivity contribution in [1.29, 1.82) is 0 Å². The molecule has 0 aromatic heterocycles. The molecule has 0 aliphatic carbocycles. The molecule has 3 nitrogen and oxygen atoms in total.